The number of nitrogens with zero attached hydrogens (tertiary/aromatic N) is 2. The van der Waals surface area contributed by atoms with Crippen LogP contribution in [0, 0.1) is 10.1 Å². The van der Waals surface area contributed by atoms with Gasteiger partial charge >= 0.3 is 5.97 Å². The zero-order chi connectivity index (χ0) is 22.2. The summed E-state index contributed by atoms with van der Waals surface area (Å²) < 4.78 is 7.57. The van der Waals surface area contributed by atoms with Crippen LogP contribution in [0.2, 0.25) is 0 Å². The van der Waals surface area contributed by atoms with Crippen LogP contribution >= 0.6 is 0 Å². The van der Waals surface area contributed by atoms with Crippen molar-refractivity contribution in [3.63, 3.8) is 0 Å². The van der Waals surface area contributed by atoms with Gasteiger partial charge in [0.05, 0.1) is 21.6 Å². The summed E-state index contributed by atoms with van der Waals surface area (Å²) in [5.74, 6) is -0.584. The molecule has 1 aliphatic rings. The second-order valence-electron chi connectivity index (χ2n) is 7.64. The molecule has 1 aromatic heterocycles. The van der Waals surface area contributed by atoms with Crippen molar-refractivity contribution in [1.29, 1.82) is 0 Å². The molecule has 0 N–H and O–H groups in total. The fraction of sp³-hybridized carbons (Fsp3) is 0.120. The number of carbonyl (C=O) groups is 1. The average Bonchev–Trinajstić information content (AvgIpc) is 2.83. The molecular weight excluding hydrogens is 408 g/mol. The minimum atomic E-state index is -0.758. The van der Waals surface area contributed by atoms with E-state index < -0.39 is 10.9 Å². The van der Waals surface area contributed by atoms with E-state index in [0.29, 0.717) is 23.1 Å². The maximum Gasteiger partial charge on any atom is 0.343 e. The maximum absolute atomic E-state index is 13.6. The van der Waals surface area contributed by atoms with Gasteiger partial charge in [-0.25, -0.2) is 4.79 Å². The van der Waals surface area contributed by atoms with Crippen molar-refractivity contribution >= 4 is 22.6 Å². The number of nitro benzene ring substituents is 1. The number of aromatic nitrogens is 1. The first-order chi connectivity index (χ1) is 15.5. The average molecular weight is 426 g/mol. The SMILES string of the molecule is O=C(Oc1c(-c2ccccc2)c(=O)n2c3c(cccc13)CCC2)c1cccc([N+](=O)[O-])c1. The summed E-state index contributed by atoms with van der Waals surface area (Å²) in [6, 6.07) is 20.1. The Morgan fingerprint density at radius 1 is 1.00 bits per heavy atom. The first-order valence-corrected chi connectivity index (χ1v) is 10.2. The molecule has 0 aliphatic carbocycles. The van der Waals surface area contributed by atoms with Gasteiger partial charge in [-0.3, -0.25) is 14.9 Å². The lowest BCUT2D eigenvalue weighted by atomic mass is 9.97. The summed E-state index contributed by atoms with van der Waals surface area (Å²) in [6.45, 7) is 0.589. The largest absolute Gasteiger partial charge is 0.421 e. The molecule has 7 nitrogen and oxygen atoms in total. The van der Waals surface area contributed by atoms with Crippen molar-refractivity contribution in [3.8, 4) is 16.9 Å². The molecule has 0 spiro atoms. The first-order valence-electron chi connectivity index (χ1n) is 10.2. The molecule has 4 aromatic rings. The van der Waals surface area contributed by atoms with E-state index in [-0.39, 0.29) is 22.6 Å². The van der Waals surface area contributed by atoms with Gasteiger partial charge in [0.25, 0.3) is 11.2 Å². The Bertz CT molecular complexity index is 1440. The van der Waals surface area contributed by atoms with Gasteiger partial charge in [-0.05, 0) is 36.1 Å². The molecular formula is C25H18N2O5. The molecule has 0 fully saturated rings. The lowest BCUT2D eigenvalue weighted by Gasteiger charge is -2.23. The zero-order valence-electron chi connectivity index (χ0n) is 17.0. The van der Waals surface area contributed by atoms with Crippen LogP contribution in [0.4, 0.5) is 5.69 Å². The molecule has 2 heterocycles. The van der Waals surface area contributed by atoms with Gasteiger partial charge in [-0.2, -0.15) is 0 Å². The minimum Gasteiger partial charge on any atom is -0.421 e. The maximum atomic E-state index is 13.6. The standard InChI is InChI=1S/C25H18N2O5/c28-24-21(16-7-2-1-3-8-16)23(20-13-5-9-17-11-6-14-26(24)22(17)20)32-25(29)18-10-4-12-19(15-18)27(30)31/h1-5,7-10,12-13,15H,6,11,14H2. The Labute approximate surface area is 182 Å². The van der Waals surface area contributed by atoms with Crippen molar-refractivity contribution < 1.29 is 14.5 Å². The minimum absolute atomic E-state index is 0.0405. The number of ether oxygens (including phenoxy) is 1. The molecule has 32 heavy (non-hydrogen) atoms. The summed E-state index contributed by atoms with van der Waals surface area (Å²) in [6.07, 6.45) is 1.69. The second-order valence-corrected chi connectivity index (χ2v) is 7.64. The molecule has 0 bridgehead atoms. The molecule has 0 saturated heterocycles. The highest BCUT2D eigenvalue weighted by Crippen LogP contribution is 2.37. The van der Waals surface area contributed by atoms with E-state index in [1.54, 1.807) is 16.7 Å². The fourth-order valence-corrected chi connectivity index (χ4v) is 4.27. The molecule has 7 heteroatoms. The number of aryl methyl sites for hydroxylation is 2. The highest BCUT2D eigenvalue weighted by atomic mass is 16.6. The Morgan fingerprint density at radius 3 is 2.56 bits per heavy atom. The molecule has 0 saturated carbocycles. The Hall–Kier alpha value is -4.26. The number of non-ortho nitro benzene ring substituents is 1. The van der Waals surface area contributed by atoms with Crippen LogP contribution in [0.1, 0.15) is 22.3 Å². The van der Waals surface area contributed by atoms with E-state index in [2.05, 4.69) is 0 Å². The summed E-state index contributed by atoms with van der Waals surface area (Å²) in [5, 5.41) is 11.8. The molecule has 0 unspecified atom stereocenters. The van der Waals surface area contributed by atoms with Crippen molar-refractivity contribution in [1.82, 2.24) is 4.57 Å². The van der Waals surface area contributed by atoms with E-state index in [9.17, 15) is 19.7 Å². The van der Waals surface area contributed by atoms with Gasteiger partial charge in [-0.15, -0.1) is 0 Å². The number of pyridine rings is 1. The zero-order valence-corrected chi connectivity index (χ0v) is 17.0. The number of para-hydroxylation sites is 1. The van der Waals surface area contributed by atoms with E-state index in [1.807, 2.05) is 36.4 Å². The number of nitro groups is 1. The van der Waals surface area contributed by atoms with Gasteiger partial charge in [0.15, 0.2) is 5.75 Å². The third kappa shape index (κ3) is 3.24. The molecule has 1 aliphatic heterocycles. The van der Waals surface area contributed by atoms with Gasteiger partial charge in [0, 0.05) is 24.1 Å². The Balaban J connectivity index is 1.74. The Morgan fingerprint density at radius 2 is 1.78 bits per heavy atom. The van der Waals surface area contributed by atoms with Gasteiger partial charge in [0.2, 0.25) is 0 Å². The summed E-state index contributed by atoms with van der Waals surface area (Å²) in [4.78, 5) is 37.1. The fourth-order valence-electron chi connectivity index (χ4n) is 4.27. The molecule has 3 aromatic carbocycles. The van der Waals surface area contributed by atoms with Crippen LogP contribution in [-0.4, -0.2) is 15.5 Å². The molecule has 0 amide bonds. The lowest BCUT2D eigenvalue weighted by Crippen LogP contribution is -2.27. The van der Waals surface area contributed by atoms with Gasteiger partial charge in [-0.1, -0.05) is 48.5 Å². The second kappa shape index (κ2) is 7.77. The number of benzene rings is 3. The monoisotopic (exact) mass is 426 g/mol. The predicted molar refractivity (Wildman–Crippen MR) is 120 cm³/mol. The van der Waals surface area contributed by atoms with Crippen LogP contribution < -0.4 is 10.3 Å². The van der Waals surface area contributed by atoms with E-state index >= 15 is 0 Å². The summed E-state index contributed by atoms with van der Waals surface area (Å²) in [7, 11) is 0. The van der Waals surface area contributed by atoms with Gasteiger partial charge in [0.1, 0.15) is 0 Å². The van der Waals surface area contributed by atoms with Crippen molar-refractivity contribution in [2.75, 3.05) is 0 Å². The smallest absolute Gasteiger partial charge is 0.343 e. The summed E-state index contributed by atoms with van der Waals surface area (Å²) >= 11 is 0. The Kier molecular flexibility index (Phi) is 4.78. The van der Waals surface area contributed by atoms with E-state index in [0.717, 1.165) is 23.9 Å². The number of carbonyl (C=O) groups excluding carboxylic acids is 1. The lowest BCUT2D eigenvalue weighted by molar-refractivity contribution is -0.384. The third-order valence-corrected chi connectivity index (χ3v) is 5.70. The van der Waals surface area contributed by atoms with Gasteiger partial charge < -0.3 is 9.30 Å². The quantitative estimate of drug-likeness (QED) is 0.267. The van der Waals surface area contributed by atoms with Crippen molar-refractivity contribution in [2.45, 2.75) is 19.4 Å². The third-order valence-electron chi connectivity index (χ3n) is 5.70. The number of rotatable bonds is 4. The molecule has 0 atom stereocenters. The highest BCUT2D eigenvalue weighted by molar-refractivity contribution is 5.99. The molecule has 158 valence electrons. The van der Waals surface area contributed by atoms with Crippen molar-refractivity contribution in [3.05, 3.63) is 104 Å². The summed E-state index contributed by atoms with van der Waals surface area (Å²) in [5.41, 5.74) is 2.34. The van der Waals surface area contributed by atoms with E-state index in [1.165, 1.54) is 24.3 Å². The highest BCUT2D eigenvalue weighted by Gasteiger charge is 2.25. The molecule has 5 rings (SSSR count). The number of hydrogen-bond donors (Lipinski definition) is 0. The normalized spacial score (nSPS) is 12.5. The number of hydrogen-bond acceptors (Lipinski definition) is 5. The van der Waals surface area contributed by atoms with Crippen LogP contribution in [0.15, 0.2) is 77.6 Å². The first kappa shape index (κ1) is 19.7. The van der Waals surface area contributed by atoms with Crippen LogP contribution in [0.3, 0.4) is 0 Å². The van der Waals surface area contributed by atoms with Crippen LogP contribution in [0.25, 0.3) is 22.0 Å². The topological polar surface area (TPSA) is 91.4 Å². The van der Waals surface area contributed by atoms with Crippen LogP contribution in [-0.2, 0) is 13.0 Å². The predicted octanol–water partition coefficient (Wildman–Crippen LogP) is 4.74. The number of esters is 1. The van der Waals surface area contributed by atoms with Crippen LogP contribution in [0.5, 0.6) is 5.75 Å². The van der Waals surface area contributed by atoms with E-state index in [4.69, 9.17) is 4.74 Å². The van der Waals surface area contributed by atoms with Crippen molar-refractivity contribution in [2.24, 2.45) is 0 Å². The molecule has 0 radical (unpaired) electrons.